The second kappa shape index (κ2) is 8.44. The van der Waals surface area contributed by atoms with Gasteiger partial charge in [0.15, 0.2) is 23.4 Å². The van der Waals surface area contributed by atoms with E-state index < -0.39 is 6.10 Å². The number of hydrogen-bond donors (Lipinski definition) is 2. The summed E-state index contributed by atoms with van der Waals surface area (Å²) < 4.78 is 16.7. The number of benzene rings is 2. The Bertz CT molecular complexity index is 1000. The monoisotopic (exact) mass is 410 g/mol. The summed E-state index contributed by atoms with van der Waals surface area (Å²) in [6.45, 7) is 2.78. The molecule has 2 amide bonds. The molecule has 4 rings (SSSR count). The van der Waals surface area contributed by atoms with Gasteiger partial charge in [-0.2, -0.15) is 0 Å². The zero-order chi connectivity index (χ0) is 21.1. The first-order valence-electron chi connectivity index (χ1n) is 9.84. The largest absolute Gasteiger partial charge is 0.490 e. The van der Waals surface area contributed by atoms with Gasteiger partial charge in [-0.1, -0.05) is 0 Å². The van der Waals surface area contributed by atoms with Crippen LogP contribution in [-0.4, -0.2) is 36.9 Å². The Hall–Kier alpha value is -3.55. The number of hydrogen-bond acceptors (Lipinski definition) is 6. The molecule has 0 aromatic heterocycles. The Morgan fingerprint density at radius 1 is 1.03 bits per heavy atom. The van der Waals surface area contributed by atoms with Crippen molar-refractivity contribution in [2.45, 2.75) is 32.3 Å². The number of rotatable bonds is 5. The van der Waals surface area contributed by atoms with E-state index in [2.05, 4.69) is 10.6 Å². The van der Waals surface area contributed by atoms with Gasteiger partial charge in [-0.3, -0.25) is 14.4 Å². The molecular weight excluding hydrogens is 388 g/mol. The molecule has 8 nitrogen and oxygen atoms in total. The van der Waals surface area contributed by atoms with Crippen LogP contribution in [0.2, 0.25) is 0 Å². The standard InChI is InChI=1S/C22H22N2O6/c1-13-22(27)24-16-12-15(4-7-18(16)30-13)23-21(26)8-5-17(25)14-3-6-19-20(11-14)29-10-2-9-28-19/h3-4,6-7,11-13H,2,5,8-10H2,1H3,(H,23,26)(H,24,27)/t13-/m0/s1. The second-order valence-corrected chi connectivity index (χ2v) is 7.14. The molecule has 1 atom stereocenters. The number of ether oxygens (including phenoxy) is 3. The molecule has 8 heteroatoms. The molecule has 0 saturated carbocycles. The minimum atomic E-state index is -0.561. The third-order valence-electron chi connectivity index (χ3n) is 4.84. The molecule has 0 unspecified atom stereocenters. The summed E-state index contributed by atoms with van der Waals surface area (Å²) >= 11 is 0. The second-order valence-electron chi connectivity index (χ2n) is 7.14. The highest BCUT2D eigenvalue weighted by Crippen LogP contribution is 2.33. The van der Waals surface area contributed by atoms with E-state index in [0.717, 1.165) is 6.42 Å². The molecule has 2 aliphatic rings. The molecular formula is C22H22N2O6. The Balaban J connectivity index is 1.34. The number of carbonyl (C=O) groups is 3. The topological polar surface area (TPSA) is 103 Å². The van der Waals surface area contributed by atoms with E-state index in [1.165, 1.54) is 0 Å². The zero-order valence-corrected chi connectivity index (χ0v) is 16.5. The van der Waals surface area contributed by atoms with Crippen molar-refractivity contribution in [1.82, 2.24) is 0 Å². The molecule has 2 aromatic carbocycles. The van der Waals surface area contributed by atoms with Crippen molar-refractivity contribution in [3.05, 3.63) is 42.0 Å². The maximum Gasteiger partial charge on any atom is 0.265 e. The van der Waals surface area contributed by atoms with Crippen molar-refractivity contribution < 1.29 is 28.6 Å². The Morgan fingerprint density at radius 3 is 2.63 bits per heavy atom. The number of anilines is 2. The molecule has 156 valence electrons. The average Bonchev–Trinajstić information content (AvgIpc) is 2.98. The summed E-state index contributed by atoms with van der Waals surface area (Å²) in [5.74, 6) is 1.03. The highest BCUT2D eigenvalue weighted by molar-refractivity contribution is 6.01. The van der Waals surface area contributed by atoms with E-state index in [-0.39, 0.29) is 30.4 Å². The van der Waals surface area contributed by atoms with Crippen molar-refractivity contribution in [3.63, 3.8) is 0 Å². The lowest BCUT2D eigenvalue weighted by molar-refractivity contribution is -0.122. The predicted molar refractivity (Wildman–Crippen MR) is 109 cm³/mol. The highest BCUT2D eigenvalue weighted by atomic mass is 16.5. The fourth-order valence-corrected chi connectivity index (χ4v) is 3.22. The first kappa shape index (κ1) is 19.8. The van der Waals surface area contributed by atoms with Gasteiger partial charge in [-0.25, -0.2) is 0 Å². The van der Waals surface area contributed by atoms with Crippen LogP contribution >= 0.6 is 0 Å². The Labute approximate surface area is 173 Å². The Morgan fingerprint density at radius 2 is 1.80 bits per heavy atom. The fraction of sp³-hybridized carbons (Fsp3) is 0.318. The summed E-state index contributed by atoms with van der Waals surface area (Å²) in [6, 6.07) is 10.1. The molecule has 0 bridgehead atoms. The van der Waals surface area contributed by atoms with Crippen LogP contribution in [0, 0.1) is 0 Å². The van der Waals surface area contributed by atoms with Crippen LogP contribution in [0.15, 0.2) is 36.4 Å². The normalized spacial score (nSPS) is 17.1. The summed E-state index contributed by atoms with van der Waals surface area (Å²) in [7, 11) is 0. The van der Waals surface area contributed by atoms with Crippen molar-refractivity contribution >= 4 is 29.0 Å². The summed E-state index contributed by atoms with van der Waals surface area (Å²) in [5.41, 5.74) is 1.49. The van der Waals surface area contributed by atoms with E-state index in [0.29, 0.717) is 47.4 Å². The van der Waals surface area contributed by atoms with Crippen LogP contribution < -0.4 is 24.8 Å². The van der Waals surface area contributed by atoms with Crippen LogP contribution in [-0.2, 0) is 9.59 Å². The summed E-state index contributed by atoms with van der Waals surface area (Å²) in [6.07, 6.45) is 0.321. The van der Waals surface area contributed by atoms with Crippen molar-refractivity contribution in [2.75, 3.05) is 23.8 Å². The molecule has 0 spiro atoms. The molecule has 2 N–H and O–H groups in total. The molecule has 0 radical (unpaired) electrons. The van der Waals surface area contributed by atoms with Gasteiger partial charge in [-0.05, 0) is 43.3 Å². The van der Waals surface area contributed by atoms with Gasteiger partial charge in [0.05, 0.1) is 18.9 Å². The van der Waals surface area contributed by atoms with Gasteiger partial charge >= 0.3 is 0 Å². The zero-order valence-electron chi connectivity index (χ0n) is 16.5. The molecule has 2 aliphatic heterocycles. The van der Waals surface area contributed by atoms with Crippen LogP contribution in [0.3, 0.4) is 0 Å². The molecule has 0 saturated heterocycles. The average molecular weight is 410 g/mol. The van der Waals surface area contributed by atoms with E-state index in [9.17, 15) is 14.4 Å². The number of carbonyl (C=O) groups excluding carboxylic acids is 3. The minimum Gasteiger partial charge on any atom is -0.490 e. The number of amides is 2. The third-order valence-corrected chi connectivity index (χ3v) is 4.84. The number of ketones is 1. The Kier molecular flexibility index (Phi) is 5.56. The maximum absolute atomic E-state index is 12.5. The van der Waals surface area contributed by atoms with Gasteiger partial charge in [0.1, 0.15) is 5.75 Å². The quantitative estimate of drug-likeness (QED) is 0.734. The van der Waals surface area contributed by atoms with Crippen molar-refractivity contribution in [3.8, 4) is 17.2 Å². The van der Waals surface area contributed by atoms with Crippen LogP contribution in [0.4, 0.5) is 11.4 Å². The van der Waals surface area contributed by atoms with Gasteiger partial charge in [-0.15, -0.1) is 0 Å². The fourth-order valence-electron chi connectivity index (χ4n) is 3.22. The molecule has 30 heavy (non-hydrogen) atoms. The summed E-state index contributed by atoms with van der Waals surface area (Å²) in [5, 5.41) is 5.47. The van der Waals surface area contributed by atoms with E-state index in [1.807, 2.05) is 0 Å². The van der Waals surface area contributed by atoms with Crippen LogP contribution in [0.1, 0.15) is 36.5 Å². The van der Waals surface area contributed by atoms with Gasteiger partial charge < -0.3 is 24.8 Å². The first-order valence-corrected chi connectivity index (χ1v) is 9.84. The van der Waals surface area contributed by atoms with Crippen LogP contribution in [0.25, 0.3) is 0 Å². The van der Waals surface area contributed by atoms with Gasteiger partial charge in [0, 0.05) is 30.5 Å². The summed E-state index contributed by atoms with van der Waals surface area (Å²) in [4.78, 5) is 36.5. The first-order chi connectivity index (χ1) is 14.5. The smallest absolute Gasteiger partial charge is 0.265 e. The molecule has 0 aliphatic carbocycles. The third kappa shape index (κ3) is 4.37. The van der Waals surface area contributed by atoms with Gasteiger partial charge in [0.2, 0.25) is 5.91 Å². The lowest BCUT2D eigenvalue weighted by atomic mass is 10.1. The minimum absolute atomic E-state index is 0.0320. The highest BCUT2D eigenvalue weighted by Gasteiger charge is 2.23. The van der Waals surface area contributed by atoms with E-state index in [4.69, 9.17) is 14.2 Å². The lowest BCUT2D eigenvalue weighted by Gasteiger charge is -2.23. The predicted octanol–water partition coefficient (Wildman–Crippen LogP) is 3.17. The van der Waals surface area contributed by atoms with Gasteiger partial charge in [0.25, 0.3) is 5.91 Å². The molecule has 0 fully saturated rings. The number of nitrogens with one attached hydrogen (secondary N) is 2. The maximum atomic E-state index is 12.5. The lowest BCUT2D eigenvalue weighted by Crippen LogP contribution is -2.34. The molecule has 2 heterocycles. The molecule has 2 aromatic rings. The van der Waals surface area contributed by atoms with E-state index in [1.54, 1.807) is 43.3 Å². The number of fused-ring (bicyclic) bond motifs is 2. The number of Topliss-reactive ketones (excluding diaryl/α,β-unsaturated/α-hetero) is 1. The van der Waals surface area contributed by atoms with Crippen LogP contribution in [0.5, 0.6) is 17.2 Å². The van der Waals surface area contributed by atoms with Crippen molar-refractivity contribution in [1.29, 1.82) is 0 Å². The van der Waals surface area contributed by atoms with Crippen molar-refractivity contribution in [2.24, 2.45) is 0 Å². The SMILES string of the molecule is C[C@@H]1Oc2ccc(NC(=O)CCC(=O)c3ccc4c(c3)OCCCO4)cc2NC1=O. The van der Waals surface area contributed by atoms with E-state index >= 15 is 0 Å².